The van der Waals surface area contributed by atoms with Gasteiger partial charge in [0.2, 0.25) is 0 Å². The number of rotatable bonds is 1. The van der Waals surface area contributed by atoms with Crippen LogP contribution in [-0.2, 0) is 6.42 Å². The first-order valence-corrected chi connectivity index (χ1v) is 6.24. The van der Waals surface area contributed by atoms with Crippen molar-refractivity contribution in [2.45, 2.75) is 13.3 Å². The van der Waals surface area contributed by atoms with Crippen molar-refractivity contribution in [3.8, 4) is 0 Å². The second kappa shape index (κ2) is 4.26. The van der Waals surface area contributed by atoms with E-state index in [0.29, 0.717) is 0 Å². The van der Waals surface area contributed by atoms with Gasteiger partial charge in [-0.2, -0.15) is 0 Å². The molecule has 0 saturated carbocycles. The van der Waals surface area contributed by atoms with Crippen LogP contribution in [0.3, 0.4) is 0 Å². The van der Waals surface area contributed by atoms with Gasteiger partial charge in [-0.25, -0.2) is 0 Å². The molecule has 0 amide bonds. The zero-order valence-electron chi connectivity index (χ0n) is 10.3. The summed E-state index contributed by atoms with van der Waals surface area (Å²) >= 11 is 0. The summed E-state index contributed by atoms with van der Waals surface area (Å²) < 4.78 is 0. The zero-order valence-corrected chi connectivity index (χ0v) is 10.3. The Morgan fingerprint density at radius 3 is 2.28 bits per heavy atom. The van der Waals surface area contributed by atoms with Crippen LogP contribution in [0.15, 0.2) is 59.4 Å². The normalized spacial score (nSPS) is 10.9. The first kappa shape index (κ1) is 11.0. The van der Waals surface area contributed by atoms with Crippen molar-refractivity contribution in [2.24, 2.45) is 0 Å². The summed E-state index contributed by atoms with van der Waals surface area (Å²) in [5, 5.41) is 3.61. The Kier molecular flexibility index (Phi) is 2.60. The first-order chi connectivity index (χ1) is 8.79. The monoisotopic (exact) mass is 234 g/mol. The van der Waals surface area contributed by atoms with Gasteiger partial charge in [-0.15, -0.1) is 0 Å². The maximum atomic E-state index is 12.6. The first-order valence-electron chi connectivity index (χ1n) is 6.24. The predicted octanol–water partition coefficient (Wildman–Crippen LogP) is 3.92. The molecule has 0 saturated heterocycles. The average molecular weight is 234 g/mol. The highest BCUT2D eigenvalue weighted by molar-refractivity contribution is 5.93. The molecule has 0 aliphatic rings. The summed E-state index contributed by atoms with van der Waals surface area (Å²) in [6.45, 7) is 2.10. The van der Waals surface area contributed by atoms with Gasteiger partial charge in [-0.3, -0.25) is 4.79 Å². The fourth-order valence-electron chi connectivity index (χ4n) is 2.34. The molecule has 0 atom stereocenters. The minimum absolute atomic E-state index is 0.126. The number of aryl methyl sites for hydroxylation is 1. The number of hydrogen-bond donors (Lipinski definition) is 0. The van der Waals surface area contributed by atoms with Crippen LogP contribution >= 0.6 is 0 Å². The lowest BCUT2D eigenvalue weighted by Gasteiger charge is -1.97. The molecule has 0 unspecified atom stereocenters. The largest absolute Gasteiger partial charge is 0.289 e. The van der Waals surface area contributed by atoms with Crippen LogP contribution in [0, 0.1) is 0 Å². The van der Waals surface area contributed by atoms with Gasteiger partial charge >= 0.3 is 0 Å². The average Bonchev–Trinajstić information content (AvgIpc) is 2.57. The molecule has 3 rings (SSSR count). The van der Waals surface area contributed by atoms with Crippen molar-refractivity contribution in [1.82, 2.24) is 0 Å². The van der Waals surface area contributed by atoms with Crippen molar-refractivity contribution in [1.29, 1.82) is 0 Å². The van der Waals surface area contributed by atoms with E-state index in [1.807, 2.05) is 48.5 Å². The molecule has 0 N–H and O–H groups in total. The summed E-state index contributed by atoms with van der Waals surface area (Å²) in [6, 6.07) is 17.9. The van der Waals surface area contributed by atoms with Crippen molar-refractivity contribution in [2.75, 3.05) is 0 Å². The number of benzene rings is 2. The summed E-state index contributed by atoms with van der Waals surface area (Å²) in [7, 11) is 0. The van der Waals surface area contributed by atoms with Crippen LogP contribution in [0.2, 0.25) is 0 Å². The van der Waals surface area contributed by atoms with Crippen LogP contribution in [0.1, 0.15) is 12.5 Å². The molecule has 1 nitrogen and oxygen atoms in total. The Morgan fingerprint density at radius 1 is 0.833 bits per heavy atom. The van der Waals surface area contributed by atoms with E-state index in [1.54, 1.807) is 0 Å². The van der Waals surface area contributed by atoms with Gasteiger partial charge in [0.05, 0.1) is 0 Å². The molecular weight excluding hydrogens is 220 g/mol. The van der Waals surface area contributed by atoms with Crippen LogP contribution in [0.25, 0.3) is 21.5 Å². The molecule has 0 heterocycles. The van der Waals surface area contributed by atoms with E-state index in [4.69, 9.17) is 0 Å². The van der Waals surface area contributed by atoms with E-state index in [9.17, 15) is 4.79 Å². The van der Waals surface area contributed by atoms with Gasteiger partial charge in [0.25, 0.3) is 0 Å². The molecule has 0 aliphatic carbocycles. The van der Waals surface area contributed by atoms with Crippen LogP contribution < -0.4 is 5.43 Å². The molecule has 18 heavy (non-hydrogen) atoms. The SMILES string of the molecule is CCc1ccc2ccc3ccccc3c(=O)c2c1. The predicted molar refractivity (Wildman–Crippen MR) is 77.1 cm³/mol. The minimum Gasteiger partial charge on any atom is -0.289 e. The van der Waals surface area contributed by atoms with E-state index < -0.39 is 0 Å². The molecule has 0 radical (unpaired) electrons. The van der Waals surface area contributed by atoms with Crippen molar-refractivity contribution < 1.29 is 0 Å². The van der Waals surface area contributed by atoms with Gasteiger partial charge in [0.15, 0.2) is 5.43 Å². The second-order valence-corrected chi connectivity index (χ2v) is 4.52. The van der Waals surface area contributed by atoms with Gasteiger partial charge in [0, 0.05) is 10.8 Å². The van der Waals surface area contributed by atoms with Gasteiger partial charge in [-0.1, -0.05) is 55.5 Å². The lowest BCUT2D eigenvalue weighted by molar-refractivity contribution is 1.15. The standard InChI is InChI=1S/C17H14O/c1-2-12-7-8-14-10-9-13-5-3-4-6-15(13)17(18)16(14)11-12/h3-11H,2H2,1H3. The fraction of sp³-hybridized carbons (Fsp3) is 0.118. The number of fused-ring (bicyclic) bond motifs is 2. The van der Waals surface area contributed by atoms with Gasteiger partial charge in [-0.05, 0) is 28.8 Å². The minimum atomic E-state index is 0.126. The smallest absolute Gasteiger partial charge is 0.194 e. The lowest BCUT2D eigenvalue weighted by atomic mass is 10.1. The molecule has 1 heteroatoms. The maximum absolute atomic E-state index is 12.6. The Bertz CT molecular complexity index is 788. The van der Waals surface area contributed by atoms with Gasteiger partial charge < -0.3 is 0 Å². The van der Waals surface area contributed by atoms with Crippen molar-refractivity contribution >= 4 is 21.5 Å². The van der Waals surface area contributed by atoms with Crippen LogP contribution in [-0.4, -0.2) is 0 Å². The van der Waals surface area contributed by atoms with E-state index in [1.165, 1.54) is 5.56 Å². The summed E-state index contributed by atoms with van der Waals surface area (Å²) in [4.78, 5) is 12.6. The Hall–Kier alpha value is -2.15. The molecule has 3 aromatic rings. The third kappa shape index (κ3) is 1.68. The number of hydrogen-bond acceptors (Lipinski definition) is 1. The maximum Gasteiger partial charge on any atom is 0.194 e. The third-order valence-corrected chi connectivity index (χ3v) is 3.42. The molecule has 3 aromatic carbocycles. The highest BCUT2D eigenvalue weighted by Crippen LogP contribution is 2.16. The fourth-order valence-corrected chi connectivity index (χ4v) is 2.34. The van der Waals surface area contributed by atoms with Crippen molar-refractivity contribution in [3.63, 3.8) is 0 Å². The quantitative estimate of drug-likeness (QED) is 0.623. The molecule has 0 aliphatic heterocycles. The lowest BCUT2D eigenvalue weighted by Crippen LogP contribution is -1.98. The van der Waals surface area contributed by atoms with Crippen molar-refractivity contribution in [3.05, 3.63) is 70.4 Å². The van der Waals surface area contributed by atoms with Gasteiger partial charge in [0.1, 0.15) is 0 Å². The highest BCUT2D eigenvalue weighted by atomic mass is 16.1. The van der Waals surface area contributed by atoms with E-state index >= 15 is 0 Å². The summed E-state index contributed by atoms with van der Waals surface area (Å²) in [5.74, 6) is 0. The highest BCUT2D eigenvalue weighted by Gasteiger charge is 2.02. The molecule has 0 fully saturated rings. The topological polar surface area (TPSA) is 17.1 Å². The Morgan fingerprint density at radius 2 is 1.50 bits per heavy atom. The van der Waals surface area contributed by atoms with E-state index in [-0.39, 0.29) is 5.43 Å². The molecule has 88 valence electrons. The Balaban J connectivity index is 2.56. The van der Waals surface area contributed by atoms with E-state index in [0.717, 1.165) is 28.0 Å². The third-order valence-electron chi connectivity index (χ3n) is 3.42. The molecule has 0 aromatic heterocycles. The second-order valence-electron chi connectivity index (χ2n) is 4.52. The molecule has 0 spiro atoms. The summed E-state index contributed by atoms with van der Waals surface area (Å²) in [6.07, 6.45) is 0.950. The van der Waals surface area contributed by atoms with E-state index in [2.05, 4.69) is 13.0 Å². The zero-order chi connectivity index (χ0) is 12.5. The van der Waals surface area contributed by atoms with Crippen LogP contribution in [0.5, 0.6) is 0 Å². The molecule has 0 bridgehead atoms. The Labute approximate surface area is 106 Å². The molecular formula is C17H14O. The summed E-state index contributed by atoms with van der Waals surface area (Å²) in [5.41, 5.74) is 1.33. The van der Waals surface area contributed by atoms with Crippen LogP contribution in [0.4, 0.5) is 0 Å².